The van der Waals surface area contributed by atoms with E-state index in [1.165, 1.54) is 18.2 Å². The van der Waals surface area contributed by atoms with Gasteiger partial charge in [-0.25, -0.2) is 9.37 Å². The van der Waals surface area contributed by atoms with Crippen molar-refractivity contribution in [1.29, 1.82) is 0 Å². The van der Waals surface area contributed by atoms with Crippen LogP contribution in [0.25, 0.3) is 10.9 Å². The number of anilines is 1. The smallest absolute Gasteiger partial charge is 0.319 e. The molecule has 4 aromatic rings. The third-order valence-corrected chi connectivity index (χ3v) is 5.25. The molecule has 164 valence electrons. The lowest BCUT2D eigenvalue weighted by atomic mass is 10.1. The molecule has 1 N–H and O–H groups in total. The van der Waals surface area contributed by atoms with Gasteiger partial charge in [-0.3, -0.25) is 9.48 Å². The zero-order valence-electron chi connectivity index (χ0n) is 16.5. The minimum Gasteiger partial charge on any atom is -0.319 e. The van der Waals surface area contributed by atoms with Crippen LogP contribution in [0.5, 0.6) is 0 Å². The van der Waals surface area contributed by atoms with Crippen LogP contribution in [0.1, 0.15) is 27.3 Å². The standard InChI is InChI=1S/C22H15BrF4N4O/c1-12-19(11-31(30-12)10-13-2-5-15(24)6-3-13)29-21(32)17-9-20(22(25,26)27)28-18-7-4-14(23)8-16(17)18/h2-9,11H,10H2,1H3,(H,29,32). The number of hydrogen-bond donors (Lipinski definition) is 1. The first-order chi connectivity index (χ1) is 15.1. The molecular weight excluding hydrogens is 492 g/mol. The van der Waals surface area contributed by atoms with Gasteiger partial charge in [0.1, 0.15) is 11.5 Å². The maximum atomic E-state index is 13.3. The Morgan fingerprint density at radius 2 is 1.84 bits per heavy atom. The normalized spacial score (nSPS) is 11.7. The molecule has 2 heterocycles. The fourth-order valence-corrected chi connectivity index (χ4v) is 3.58. The molecular formula is C22H15BrF4N4O. The summed E-state index contributed by atoms with van der Waals surface area (Å²) in [6.07, 6.45) is -3.13. The molecule has 0 aliphatic carbocycles. The number of benzene rings is 2. The van der Waals surface area contributed by atoms with E-state index >= 15 is 0 Å². The number of carbonyl (C=O) groups is 1. The fraction of sp³-hybridized carbons (Fsp3) is 0.136. The molecule has 4 rings (SSSR count). The number of rotatable bonds is 4. The van der Waals surface area contributed by atoms with E-state index in [2.05, 4.69) is 31.3 Å². The first kappa shape index (κ1) is 21.9. The van der Waals surface area contributed by atoms with Crippen LogP contribution in [-0.2, 0) is 12.7 Å². The van der Waals surface area contributed by atoms with E-state index < -0.39 is 17.8 Å². The van der Waals surface area contributed by atoms with E-state index in [1.54, 1.807) is 42.1 Å². The van der Waals surface area contributed by atoms with Gasteiger partial charge in [0.25, 0.3) is 5.91 Å². The van der Waals surface area contributed by atoms with Gasteiger partial charge in [0, 0.05) is 16.1 Å². The molecule has 0 unspecified atom stereocenters. The van der Waals surface area contributed by atoms with E-state index in [4.69, 9.17) is 0 Å². The molecule has 0 atom stereocenters. The number of halogens is 5. The molecule has 5 nitrogen and oxygen atoms in total. The number of fused-ring (bicyclic) bond motifs is 1. The van der Waals surface area contributed by atoms with Crippen molar-refractivity contribution < 1.29 is 22.4 Å². The summed E-state index contributed by atoms with van der Waals surface area (Å²) in [7, 11) is 0. The summed E-state index contributed by atoms with van der Waals surface area (Å²) in [5.41, 5.74) is 0.376. The summed E-state index contributed by atoms with van der Waals surface area (Å²) in [4.78, 5) is 16.6. The maximum absolute atomic E-state index is 13.3. The second-order valence-electron chi connectivity index (χ2n) is 7.12. The first-order valence-corrected chi connectivity index (χ1v) is 10.2. The monoisotopic (exact) mass is 506 g/mol. The predicted molar refractivity (Wildman–Crippen MR) is 115 cm³/mol. The Hall–Kier alpha value is -3.27. The number of alkyl halides is 3. The van der Waals surface area contributed by atoms with Crippen molar-refractivity contribution in [2.75, 3.05) is 5.32 Å². The quantitative estimate of drug-likeness (QED) is 0.347. The Labute approximate surface area is 188 Å². The lowest BCUT2D eigenvalue weighted by Gasteiger charge is -2.12. The molecule has 1 amide bonds. The number of hydrogen-bond acceptors (Lipinski definition) is 3. The number of nitrogens with one attached hydrogen (secondary N) is 1. The van der Waals surface area contributed by atoms with Crippen molar-refractivity contribution in [3.05, 3.63) is 87.5 Å². The number of pyridine rings is 1. The van der Waals surface area contributed by atoms with E-state index in [9.17, 15) is 22.4 Å². The van der Waals surface area contributed by atoms with Crippen LogP contribution in [0.4, 0.5) is 23.2 Å². The van der Waals surface area contributed by atoms with E-state index in [0.717, 1.165) is 11.6 Å². The van der Waals surface area contributed by atoms with Crippen molar-refractivity contribution in [2.45, 2.75) is 19.6 Å². The Morgan fingerprint density at radius 1 is 1.12 bits per heavy atom. The lowest BCUT2D eigenvalue weighted by molar-refractivity contribution is -0.140. The molecule has 10 heteroatoms. The Kier molecular flexibility index (Phi) is 5.72. The number of aromatic nitrogens is 3. The highest BCUT2D eigenvalue weighted by molar-refractivity contribution is 9.10. The minimum atomic E-state index is -4.70. The highest BCUT2D eigenvalue weighted by Crippen LogP contribution is 2.32. The second-order valence-corrected chi connectivity index (χ2v) is 8.04. The Balaban J connectivity index is 1.66. The molecule has 0 bridgehead atoms. The highest BCUT2D eigenvalue weighted by atomic mass is 79.9. The van der Waals surface area contributed by atoms with E-state index in [0.29, 0.717) is 22.4 Å². The molecule has 0 spiro atoms. The van der Waals surface area contributed by atoms with Crippen LogP contribution in [0.3, 0.4) is 0 Å². The Bertz CT molecular complexity index is 1320. The molecule has 0 saturated heterocycles. The molecule has 0 aliphatic rings. The average Bonchev–Trinajstić information content (AvgIpc) is 3.06. The van der Waals surface area contributed by atoms with E-state index in [-0.39, 0.29) is 22.3 Å². The first-order valence-electron chi connectivity index (χ1n) is 9.37. The zero-order valence-corrected chi connectivity index (χ0v) is 18.1. The molecule has 0 fully saturated rings. The SMILES string of the molecule is Cc1nn(Cc2ccc(F)cc2)cc1NC(=O)c1cc(C(F)(F)F)nc2ccc(Br)cc12. The van der Waals surface area contributed by atoms with Gasteiger partial charge in [-0.2, -0.15) is 18.3 Å². The predicted octanol–water partition coefficient (Wildman–Crippen LogP) is 5.96. The highest BCUT2D eigenvalue weighted by Gasteiger charge is 2.34. The van der Waals surface area contributed by atoms with Gasteiger partial charge >= 0.3 is 6.18 Å². The number of aryl methyl sites for hydroxylation is 1. The second kappa shape index (κ2) is 8.34. The van der Waals surface area contributed by atoms with Crippen molar-refractivity contribution in [1.82, 2.24) is 14.8 Å². The summed E-state index contributed by atoms with van der Waals surface area (Å²) in [6.45, 7) is 2.00. The number of amides is 1. The third kappa shape index (κ3) is 4.64. The van der Waals surface area contributed by atoms with Gasteiger partial charge in [-0.05, 0) is 48.9 Å². The summed E-state index contributed by atoms with van der Waals surface area (Å²) in [5.74, 6) is -1.07. The maximum Gasteiger partial charge on any atom is 0.433 e. The summed E-state index contributed by atoms with van der Waals surface area (Å²) in [6, 6.07) is 11.1. The van der Waals surface area contributed by atoms with Crippen LogP contribution < -0.4 is 5.32 Å². The van der Waals surface area contributed by atoms with Gasteiger partial charge in [-0.1, -0.05) is 28.1 Å². The molecule has 2 aromatic heterocycles. The number of carbonyl (C=O) groups excluding carboxylic acids is 1. The molecule has 0 saturated carbocycles. The lowest BCUT2D eigenvalue weighted by Crippen LogP contribution is -2.16. The van der Waals surface area contributed by atoms with Crippen molar-refractivity contribution in [2.24, 2.45) is 0 Å². The van der Waals surface area contributed by atoms with Crippen LogP contribution in [0.15, 0.2) is 59.2 Å². The van der Waals surface area contributed by atoms with Gasteiger partial charge in [0.15, 0.2) is 0 Å². The van der Waals surface area contributed by atoms with Crippen molar-refractivity contribution in [3.63, 3.8) is 0 Å². The van der Waals surface area contributed by atoms with Crippen molar-refractivity contribution >= 4 is 38.4 Å². The van der Waals surface area contributed by atoms with Crippen LogP contribution >= 0.6 is 15.9 Å². The average molecular weight is 507 g/mol. The minimum absolute atomic E-state index is 0.0527. The van der Waals surface area contributed by atoms with Crippen LogP contribution in [-0.4, -0.2) is 20.7 Å². The molecule has 0 radical (unpaired) electrons. The van der Waals surface area contributed by atoms with Gasteiger partial charge < -0.3 is 5.32 Å². The summed E-state index contributed by atoms with van der Waals surface area (Å²) in [5, 5.41) is 7.23. The van der Waals surface area contributed by atoms with Gasteiger partial charge in [0.2, 0.25) is 0 Å². The zero-order chi connectivity index (χ0) is 23.0. The third-order valence-electron chi connectivity index (χ3n) is 4.76. The Morgan fingerprint density at radius 3 is 2.53 bits per heavy atom. The molecule has 32 heavy (non-hydrogen) atoms. The van der Waals surface area contributed by atoms with Gasteiger partial charge in [0.05, 0.1) is 29.0 Å². The number of nitrogens with zero attached hydrogens (tertiary/aromatic N) is 3. The van der Waals surface area contributed by atoms with E-state index in [1.807, 2.05) is 0 Å². The fourth-order valence-electron chi connectivity index (χ4n) is 3.22. The molecule has 2 aromatic carbocycles. The topological polar surface area (TPSA) is 59.8 Å². The molecule has 0 aliphatic heterocycles. The van der Waals surface area contributed by atoms with Crippen molar-refractivity contribution in [3.8, 4) is 0 Å². The summed E-state index contributed by atoms with van der Waals surface area (Å²) < 4.78 is 55.2. The van der Waals surface area contributed by atoms with Crippen LogP contribution in [0.2, 0.25) is 0 Å². The largest absolute Gasteiger partial charge is 0.433 e. The van der Waals surface area contributed by atoms with Gasteiger partial charge in [-0.15, -0.1) is 0 Å². The summed E-state index contributed by atoms with van der Waals surface area (Å²) >= 11 is 3.27. The van der Waals surface area contributed by atoms with Crippen LogP contribution in [0, 0.1) is 12.7 Å².